The van der Waals surface area contributed by atoms with Gasteiger partial charge in [0.15, 0.2) is 0 Å². The average Bonchev–Trinajstić information content (AvgIpc) is 3.10. The third-order valence-corrected chi connectivity index (χ3v) is 4.57. The third kappa shape index (κ3) is 4.24. The highest BCUT2D eigenvalue weighted by Gasteiger charge is 2.28. The maximum atomic E-state index is 12.7. The lowest BCUT2D eigenvalue weighted by Crippen LogP contribution is -2.45. The van der Waals surface area contributed by atoms with Gasteiger partial charge >= 0.3 is 6.18 Å². The van der Waals surface area contributed by atoms with Crippen LogP contribution in [-0.4, -0.2) is 63.2 Å². The van der Waals surface area contributed by atoms with Gasteiger partial charge in [0.1, 0.15) is 30.2 Å². The maximum Gasteiger partial charge on any atom is 0.405 e. The first-order valence-electron chi connectivity index (χ1n) is 9.16. The fourth-order valence-corrected chi connectivity index (χ4v) is 3.48. The molecule has 0 radical (unpaired) electrons. The maximum absolute atomic E-state index is 12.7. The fourth-order valence-electron chi connectivity index (χ4n) is 3.48. The second-order valence-corrected chi connectivity index (χ2v) is 7.05. The van der Waals surface area contributed by atoms with Crippen LogP contribution in [0.2, 0.25) is 0 Å². The van der Waals surface area contributed by atoms with Crippen molar-refractivity contribution in [3.63, 3.8) is 0 Å². The lowest BCUT2D eigenvalue weighted by atomic mass is 10.1. The van der Waals surface area contributed by atoms with Crippen LogP contribution >= 0.6 is 0 Å². The highest BCUT2D eigenvalue weighted by molar-refractivity contribution is 5.99. The fraction of sp³-hybridized carbons (Fsp3) is 0.444. The van der Waals surface area contributed by atoms with Crippen molar-refractivity contribution in [1.82, 2.24) is 25.1 Å². The molecular formula is C18H20F3N7O. The molecule has 1 fully saturated rings. The molecule has 0 aliphatic carbocycles. The Kier molecular flexibility index (Phi) is 4.99. The van der Waals surface area contributed by atoms with Gasteiger partial charge < -0.3 is 15.0 Å². The van der Waals surface area contributed by atoms with Gasteiger partial charge in [-0.3, -0.25) is 5.10 Å². The van der Waals surface area contributed by atoms with E-state index in [2.05, 4.69) is 35.4 Å². The minimum absolute atomic E-state index is 0.0609. The highest BCUT2D eigenvalue weighted by atomic mass is 19.4. The molecule has 0 bridgehead atoms. The Morgan fingerprint density at radius 2 is 1.97 bits per heavy atom. The van der Waals surface area contributed by atoms with E-state index in [1.807, 2.05) is 13.8 Å². The van der Waals surface area contributed by atoms with Gasteiger partial charge in [0, 0.05) is 25.4 Å². The molecule has 0 saturated carbocycles. The quantitative estimate of drug-likeness (QED) is 0.687. The van der Waals surface area contributed by atoms with E-state index in [0.717, 1.165) is 0 Å². The van der Waals surface area contributed by atoms with Crippen LogP contribution in [0, 0.1) is 0 Å². The molecule has 154 valence electrons. The zero-order valence-electron chi connectivity index (χ0n) is 15.9. The van der Waals surface area contributed by atoms with Crippen molar-refractivity contribution in [2.45, 2.75) is 32.2 Å². The number of hydrogen-bond acceptors (Lipinski definition) is 7. The number of nitrogens with one attached hydrogen (secondary N) is 2. The number of aromatic nitrogens is 5. The zero-order valence-corrected chi connectivity index (χ0v) is 15.9. The van der Waals surface area contributed by atoms with Crippen LogP contribution in [0.3, 0.4) is 0 Å². The van der Waals surface area contributed by atoms with Crippen LogP contribution in [0.1, 0.15) is 13.8 Å². The molecule has 4 rings (SSSR count). The molecule has 0 spiro atoms. The van der Waals surface area contributed by atoms with Crippen molar-refractivity contribution < 1.29 is 17.9 Å². The van der Waals surface area contributed by atoms with Crippen LogP contribution in [0.15, 0.2) is 24.7 Å². The number of H-pyrrole nitrogens is 1. The molecular weight excluding hydrogens is 387 g/mol. The van der Waals surface area contributed by atoms with E-state index in [0.29, 0.717) is 41.2 Å². The molecule has 1 aliphatic rings. The Hall–Kier alpha value is -2.95. The normalized spacial score (nSPS) is 20.2. The summed E-state index contributed by atoms with van der Waals surface area (Å²) in [5.74, 6) is 0.805. The van der Waals surface area contributed by atoms with Gasteiger partial charge in [-0.05, 0) is 19.9 Å². The summed E-state index contributed by atoms with van der Waals surface area (Å²) in [6.45, 7) is 4.17. The van der Waals surface area contributed by atoms with Crippen LogP contribution in [0.25, 0.3) is 22.3 Å². The molecule has 1 saturated heterocycles. The number of morpholine rings is 1. The van der Waals surface area contributed by atoms with E-state index in [-0.39, 0.29) is 18.0 Å². The van der Waals surface area contributed by atoms with Crippen LogP contribution in [-0.2, 0) is 4.74 Å². The number of alkyl halides is 3. The summed E-state index contributed by atoms with van der Waals surface area (Å²) in [4.78, 5) is 14.8. The largest absolute Gasteiger partial charge is 0.405 e. The van der Waals surface area contributed by atoms with Crippen LogP contribution in [0.4, 0.5) is 24.8 Å². The molecule has 8 nitrogen and oxygen atoms in total. The summed E-state index contributed by atoms with van der Waals surface area (Å²) in [6.07, 6.45) is -1.39. The monoisotopic (exact) mass is 407 g/mol. The molecule has 0 amide bonds. The van der Waals surface area contributed by atoms with E-state index in [9.17, 15) is 13.2 Å². The predicted molar refractivity (Wildman–Crippen MR) is 102 cm³/mol. The summed E-state index contributed by atoms with van der Waals surface area (Å²) in [5, 5.41) is 9.90. The molecule has 3 aromatic rings. The first kappa shape index (κ1) is 19.4. The SMILES string of the molecule is C[C@@H]1CN(c2cc(-c3n[nH]c4ccnc(NCC(F)(F)F)c34)ncn2)C[C@H](C)O1. The Morgan fingerprint density at radius 3 is 2.69 bits per heavy atom. The number of anilines is 2. The Labute approximate surface area is 164 Å². The predicted octanol–water partition coefficient (Wildman–Crippen LogP) is 3.00. The number of rotatable bonds is 4. The van der Waals surface area contributed by atoms with E-state index < -0.39 is 12.7 Å². The number of ether oxygens (including phenoxy) is 1. The van der Waals surface area contributed by atoms with E-state index in [1.54, 1.807) is 12.1 Å². The molecule has 0 aromatic carbocycles. The van der Waals surface area contributed by atoms with Gasteiger partial charge in [0.2, 0.25) is 0 Å². The van der Waals surface area contributed by atoms with Crippen molar-refractivity contribution in [3.8, 4) is 11.4 Å². The van der Waals surface area contributed by atoms with Crippen molar-refractivity contribution in [1.29, 1.82) is 0 Å². The van der Waals surface area contributed by atoms with Crippen LogP contribution in [0.5, 0.6) is 0 Å². The Bertz CT molecular complexity index is 997. The molecule has 0 unspecified atom stereocenters. The van der Waals surface area contributed by atoms with Gasteiger partial charge in [-0.15, -0.1) is 0 Å². The molecule has 29 heavy (non-hydrogen) atoms. The van der Waals surface area contributed by atoms with Crippen molar-refractivity contribution in [2.24, 2.45) is 0 Å². The van der Waals surface area contributed by atoms with E-state index in [1.165, 1.54) is 12.5 Å². The van der Waals surface area contributed by atoms with E-state index >= 15 is 0 Å². The number of aromatic amines is 1. The summed E-state index contributed by atoms with van der Waals surface area (Å²) in [6, 6.07) is 3.43. The lowest BCUT2D eigenvalue weighted by Gasteiger charge is -2.36. The highest BCUT2D eigenvalue weighted by Crippen LogP contribution is 2.31. The summed E-state index contributed by atoms with van der Waals surface area (Å²) < 4.78 is 43.7. The second-order valence-electron chi connectivity index (χ2n) is 7.05. The third-order valence-electron chi connectivity index (χ3n) is 4.57. The zero-order chi connectivity index (χ0) is 20.6. The van der Waals surface area contributed by atoms with Crippen LogP contribution < -0.4 is 10.2 Å². The summed E-state index contributed by atoms with van der Waals surface area (Å²) in [5.41, 5.74) is 1.47. The Balaban J connectivity index is 1.70. The smallest absolute Gasteiger partial charge is 0.372 e. The molecule has 2 atom stereocenters. The van der Waals surface area contributed by atoms with Gasteiger partial charge in [0.25, 0.3) is 0 Å². The molecule has 11 heteroatoms. The number of halogens is 3. The number of fused-ring (bicyclic) bond motifs is 1. The molecule has 2 N–H and O–H groups in total. The average molecular weight is 407 g/mol. The van der Waals surface area contributed by atoms with Gasteiger partial charge in [-0.2, -0.15) is 18.3 Å². The number of nitrogens with zero attached hydrogens (tertiary/aromatic N) is 5. The minimum atomic E-state index is -4.36. The minimum Gasteiger partial charge on any atom is -0.372 e. The van der Waals surface area contributed by atoms with Crippen molar-refractivity contribution in [3.05, 3.63) is 24.7 Å². The van der Waals surface area contributed by atoms with Gasteiger partial charge in [-0.25, -0.2) is 15.0 Å². The van der Waals surface area contributed by atoms with E-state index in [4.69, 9.17) is 4.74 Å². The topological polar surface area (TPSA) is 91.9 Å². The molecule has 3 aromatic heterocycles. The first-order chi connectivity index (χ1) is 13.8. The van der Waals surface area contributed by atoms with Gasteiger partial charge in [0.05, 0.1) is 28.8 Å². The summed E-state index contributed by atoms with van der Waals surface area (Å²) >= 11 is 0. The molecule has 1 aliphatic heterocycles. The summed E-state index contributed by atoms with van der Waals surface area (Å²) in [7, 11) is 0. The number of pyridine rings is 1. The second kappa shape index (κ2) is 7.47. The van der Waals surface area contributed by atoms with Crippen molar-refractivity contribution >= 4 is 22.5 Å². The Morgan fingerprint density at radius 1 is 1.21 bits per heavy atom. The first-order valence-corrected chi connectivity index (χ1v) is 9.16. The number of hydrogen-bond donors (Lipinski definition) is 2. The standard InChI is InChI=1S/C18H20F3N7O/c1-10-6-28(7-11(2)29-10)14-5-13(24-9-25-14)16-15-12(26-27-16)3-4-22-17(15)23-8-18(19,20)21/h3-5,9-11H,6-8H2,1-2H3,(H,22,23)(H,26,27)/t10-,11+. The lowest BCUT2D eigenvalue weighted by molar-refractivity contribution is -0.115. The van der Waals surface area contributed by atoms with Crippen molar-refractivity contribution in [2.75, 3.05) is 29.9 Å². The van der Waals surface area contributed by atoms with Gasteiger partial charge in [-0.1, -0.05) is 0 Å². The molecule has 4 heterocycles.